The summed E-state index contributed by atoms with van der Waals surface area (Å²) in [4.78, 5) is 45.4. The molecule has 218 valence electrons. The van der Waals surface area contributed by atoms with Crippen LogP contribution in [0.15, 0.2) is 65.9 Å². The standard InChI is InChI=1S/C29H35FN6O5/c1-4-41-29(39)35-24-19-34(28(38)25(40-3)20-8-6-5-7-9-20)18-23(24)26(36(35)30)31-27(37)21-10-12-22(13-11-21)33-16-14-32(2)15-17-33/h5-13,25-26H,4,14-19H2,1-3H3,(H,31,37)/t25-,26?/m1/s1. The van der Waals surface area contributed by atoms with E-state index in [1.807, 2.05) is 30.3 Å². The molecule has 0 bridgehead atoms. The van der Waals surface area contributed by atoms with Crippen molar-refractivity contribution >= 4 is 23.6 Å². The Hall–Kier alpha value is -4.00. The minimum atomic E-state index is -1.30. The summed E-state index contributed by atoms with van der Waals surface area (Å²) in [5, 5.41) is 3.60. The van der Waals surface area contributed by atoms with Gasteiger partial charge in [0.05, 0.1) is 18.8 Å². The van der Waals surface area contributed by atoms with Crippen LogP contribution in [-0.2, 0) is 14.3 Å². The molecule has 5 rings (SSSR count). The number of anilines is 1. The Bertz CT molecular complexity index is 1300. The topological polar surface area (TPSA) is 97.9 Å². The van der Waals surface area contributed by atoms with Crippen LogP contribution in [0, 0.1) is 0 Å². The van der Waals surface area contributed by atoms with Gasteiger partial charge in [-0.15, -0.1) is 4.48 Å². The maximum Gasteiger partial charge on any atom is 0.431 e. The first kappa shape index (κ1) is 28.5. The van der Waals surface area contributed by atoms with Gasteiger partial charge in [-0.25, -0.2) is 4.79 Å². The number of hydrogen-bond acceptors (Lipinski definition) is 8. The van der Waals surface area contributed by atoms with Gasteiger partial charge in [-0.2, -0.15) is 5.01 Å². The van der Waals surface area contributed by atoms with Crippen LogP contribution in [0.4, 0.5) is 15.0 Å². The molecule has 12 heteroatoms. The number of amides is 3. The van der Waals surface area contributed by atoms with Gasteiger partial charge in [0.1, 0.15) is 0 Å². The summed E-state index contributed by atoms with van der Waals surface area (Å²) >= 11 is 0. The highest BCUT2D eigenvalue weighted by molar-refractivity contribution is 5.95. The maximum atomic E-state index is 15.6. The van der Waals surface area contributed by atoms with Crippen molar-refractivity contribution in [3.63, 3.8) is 0 Å². The third-order valence-electron chi connectivity index (χ3n) is 7.64. The lowest BCUT2D eigenvalue weighted by atomic mass is 10.1. The average molecular weight is 567 g/mol. The molecule has 0 spiro atoms. The van der Waals surface area contributed by atoms with Crippen molar-refractivity contribution in [2.75, 3.05) is 64.9 Å². The molecule has 3 aliphatic heterocycles. The fraction of sp³-hybridized carbons (Fsp3) is 0.414. The van der Waals surface area contributed by atoms with E-state index in [2.05, 4.69) is 22.2 Å². The van der Waals surface area contributed by atoms with Crippen LogP contribution in [0.3, 0.4) is 0 Å². The lowest BCUT2D eigenvalue weighted by molar-refractivity contribution is -0.154. The molecule has 3 amide bonds. The molecule has 0 saturated carbocycles. The average Bonchev–Trinajstić information content (AvgIpc) is 3.51. The molecule has 11 nitrogen and oxygen atoms in total. The molecule has 2 aromatic carbocycles. The summed E-state index contributed by atoms with van der Waals surface area (Å²) in [6.07, 6.45) is -3.10. The van der Waals surface area contributed by atoms with E-state index in [-0.39, 0.29) is 36.5 Å². The Morgan fingerprint density at radius 1 is 1.00 bits per heavy atom. The molecule has 1 saturated heterocycles. The van der Waals surface area contributed by atoms with E-state index in [1.165, 1.54) is 12.0 Å². The minimum absolute atomic E-state index is 0.00444. The van der Waals surface area contributed by atoms with Crippen LogP contribution in [0.2, 0.25) is 0 Å². The summed E-state index contributed by atoms with van der Waals surface area (Å²) in [7, 11) is 3.53. The van der Waals surface area contributed by atoms with E-state index in [4.69, 9.17) is 9.47 Å². The van der Waals surface area contributed by atoms with Gasteiger partial charge in [0.15, 0.2) is 12.3 Å². The third kappa shape index (κ3) is 5.76. The van der Waals surface area contributed by atoms with Crippen molar-refractivity contribution in [1.82, 2.24) is 25.4 Å². The number of halogens is 1. The van der Waals surface area contributed by atoms with Crippen LogP contribution < -0.4 is 10.2 Å². The van der Waals surface area contributed by atoms with Gasteiger partial charge in [-0.3, -0.25) is 9.59 Å². The Balaban J connectivity index is 1.33. The number of hydrazine groups is 1. The zero-order valence-electron chi connectivity index (χ0n) is 23.5. The highest BCUT2D eigenvalue weighted by Crippen LogP contribution is 2.36. The van der Waals surface area contributed by atoms with Gasteiger partial charge < -0.3 is 29.5 Å². The van der Waals surface area contributed by atoms with E-state index >= 15 is 4.48 Å². The van der Waals surface area contributed by atoms with Crippen molar-refractivity contribution in [1.29, 1.82) is 0 Å². The maximum absolute atomic E-state index is 15.6. The number of piperazine rings is 1. The molecule has 2 atom stereocenters. The van der Waals surface area contributed by atoms with E-state index in [9.17, 15) is 14.4 Å². The van der Waals surface area contributed by atoms with Gasteiger partial charge in [0, 0.05) is 56.7 Å². The molecular weight excluding hydrogens is 531 g/mol. The number of likely N-dealkylation sites (N-methyl/N-ethyl adjacent to an activating group) is 1. The van der Waals surface area contributed by atoms with E-state index in [1.54, 1.807) is 31.2 Å². The number of nitrogens with one attached hydrogen (secondary N) is 1. The van der Waals surface area contributed by atoms with Gasteiger partial charge >= 0.3 is 6.09 Å². The number of ether oxygens (including phenoxy) is 2. The zero-order valence-corrected chi connectivity index (χ0v) is 23.5. The van der Waals surface area contributed by atoms with Gasteiger partial charge in [-0.1, -0.05) is 30.3 Å². The summed E-state index contributed by atoms with van der Waals surface area (Å²) in [6, 6.07) is 16.2. The number of benzene rings is 2. The molecule has 0 aromatic heterocycles. The highest BCUT2D eigenvalue weighted by atomic mass is 19.2. The Morgan fingerprint density at radius 2 is 1.68 bits per heavy atom. The lowest BCUT2D eigenvalue weighted by Gasteiger charge is -2.34. The fourth-order valence-electron chi connectivity index (χ4n) is 5.38. The molecular formula is C29H35FN6O5. The van der Waals surface area contributed by atoms with E-state index in [0.717, 1.165) is 36.9 Å². The Kier molecular flexibility index (Phi) is 8.52. The summed E-state index contributed by atoms with van der Waals surface area (Å²) in [6.45, 7) is 5.31. The molecule has 2 aromatic rings. The number of carbonyl (C=O) groups excluding carboxylic acids is 3. The molecule has 1 fully saturated rings. The smallest absolute Gasteiger partial charge is 0.431 e. The Morgan fingerprint density at radius 3 is 2.32 bits per heavy atom. The van der Waals surface area contributed by atoms with Gasteiger partial charge in [0.25, 0.3) is 11.8 Å². The monoisotopic (exact) mass is 566 g/mol. The highest BCUT2D eigenvalue weighted by Gasteiger charge is 2.49. The molecule has 3 heterocycles. The molecule has 3 aliphatic rings. The predicted molar refractivity (Wildman–Crippen MR) is 149 cm³/mol. The second-order valence-electron chi connectivity index (χ2n) is 10.2. The molecule has 1 unspecified atom stereocenters. The molecule has 41 heavy (non-hydrogen) atoms. The summed E-state index contributed by atoms with van der Waals surface area (Å²) in [5.74, 6) is -0.851. The van der Waals surface area contributed by atoms with Crippen molar-refractivity contribution in [2.45, 2.75) is 19.2 Å². The van der Waals surface area contributed by atoms with Crippen molar-refractivity contribution in [3.05, 3.63) is 77.0 Å². The van der Waals surface area contributed by atoms with Crippen LogP contribution in [0.1, 0.15) is 28.9 Å². The van der Waals surface area contributed by atoms with Gasteiger partial charge in [-0.05, 0) is 49.0 Å². The predicted octanol–water partition coefficient (Wildman–Crippen LogP) is 2.55. The number of nitrogens with zero attached hydrogens (tertiary/aromatic N) is 5. The lowest BCUT2D eigenvalue weighted by Crippen LogP contribution is -2.52. The van der Waals surface area contributed by atoms with E-state index in [0.29, 0.717) is 16.7 Å². The van der Waals surface area contributed by atoms with Crippen molar-refractivity contribution < 1.29 is 28.3 Å². The van der Waals surface area contributed by atoms with Crippen LogP contribution in [0.5, 0.6) is 0 Å². The first-order valence-corrected chi connectivity index (χ1v) is 13.7. The summed E-state index contributed by atoms with van der Waals surface area (Å²) in [5.41, 5.74) is 2.67. The molecule has 0 aliphatic carbocycles. The van der Waals surface area contributed by atoms with Gasteiger partial charge in [0.2, 0.25) is 0 Å². The largest absolute Gasteiger partial charge is 0.448 e. The first-order chi connectivity index (χ1) is 19.8. The van der Waals surface area contributed by atoms with Crippen molar-refractivity contribution in [2.24, 2.45) is 0 Å². The number of methoxy groups -OCH3 is 1. The minimum Gasteiger partial charge on any atom is -0.448 e. The van der Waals surface area contributed by atoms with Crippen LogP contribution in [-0.4, -0.2) is 104 Å². The number of rotatable bonds is 7. The summed E-state index contributed by atoms with van der Waals surface area (Å²) < 4.78 is 26.2. The molecule has 0 radical (unpaired) electrons. The Labute approximate surface area is 238 Å². The second-order valence-corrected chi connectivity index (χ2v) is 10.2. The fourth-order valence-corrected chi connectivity index (χ4v) is 5.38. The van der Waals surface area contributed by atoms with Crippen LogP contribution in [0.25, 0.3) is 0 Å². The third-order valence-corrected chi connectivity index (χ3v) is 7.64. The SMILES string of the molecule is CCOC(=O)N1C2=C(CN(C(=O)[C@H](OC)c3ccccc3)C2)C(NC(=O)c2ccc(N3CCN(C)CC3)cc2)N1F. The second kappa shape index (κ2) is 12.2. The van der Waals surface area contributed by atoms with Crippen LogP contribution >= 0.6 is 0 Å². The number of hydrogen-bond donors (Lipinski definition) is 1. The van der Waals surface area contributed by atoms with E-state index < -0.39 is 24.3 Å². The van der Waals surface area contributed by atoms with Crippen molar-refractivity contribution in [3.8, 4) is 0 Å². The first-order valence-electron chi connectivity index (χ1n) is 13.7. The number of carbonyl (C=O) groups is 3. The molecule has 1 N–H and O–H groups in total. The normalized spacial score (nSPS) is 20.3. The zero-order chi connectivity index (χ0) is 29.1. The quantitative estimate of drug-likeness (QED) is 0.511.